The van der Waals surface area contributed by atoms with E-state index < -0.39 is 17.4 Å². The number of aromatic nitrogens is 5. The second-order valence-electron chi connectivity index (χ2n) is 11.8. The van der Waals surface area contributed by atoms with Crippen LogP contribution in [0.3, 0.4) is 0 Å². The number of benzene rings is 1. The van der Waals surface area contributed by atoms with Gasteiger partial charge < -0.3 is 4.57 Å². The van der Waals surface area contributed by atoms with Crippen molar-refractivity contribution in [3.05, 3.63) is 82.1 Å². The number of aryl methyl sites for hydroxylation is 1. The molecule has 1 saturated carbocycles. The van der Waals surface area contributed by atoms with Crippen LogP contribution in [0.2, 0.25) is 0 Å². The molecule has 3 aromatic heterocycles. The minimum Gasteiger partial charge on any atom is -0.320 e. The van der Waals surface area contributed by atoms with E-state index in [1.807, 2.05) is 29.8 Å². The molecule has 1 aliphatic heterocycles. The molecule has 2 fully saturated rings. The number of fused-ring (bicyclic) bond motifs is 1. The SMILES string of the molecule is C[C@H]1CCCN(Cc2cc(C(F)(F)F)c3cn(-c4cccc(C(CC5CCC5)c5nncn5C)c4)c(=O)n3c2)C1. The number of rotatable bonds is 7. The lowest BCUT2D eigenvalue weighted by atomic mass is 9.77. The van der Waals surface area contributed by atoms with Crippen LogP contribution in [-0.2, 0) is 19.8 Å². The highest BCUT2D eigenvalue weighted by Gasteiger charge is 2.35. The first-order chi connectivity index (χ1) is 19.2. The lowest BCUT2D eigenvalue weighted by Gasteiger charge is -2.31. The molecule has 7 nitrogen and oxygen atoms in total. The molecular formula is C30H35F3N6O. The van der Waals surface area contributed by atoms with Crippen molar-refractivity contribution < 1.29 is 13.2 Å². The predicted molar refractivity (Wildman–Crippen MR) is 146 cm³/mol. The number of imidazole rings is 1. The minimum atomic E-state index is -4.59. The number of alkyl halides is 3. The first-order valence-corrected chi connectivity index (χ1v) is 14.2. The van der Waals surface area contributed by atoms with Gasteiger partial charge in [-0.25, -0.2) is 4.79 Å². The molecule has 2 aliphatic rings. The average Bonchev–Trinajstić information content (AvgIpc) is 3.45. The zero-order valence-corrected chi connectivity index (χ0v) is 22.9. The second kappa shape index (κ2) is 10.5. The van der Waals surface area contributed by atoms with Crippen molar-refractivity contribution >= 4 is 5.52 Å². The van der Waals surface area contributed by atoms with Crippen molar-refractivity contribution in [2.45, 2.75) is 64.1 Å². The van der Waals surface area contributed by atoms with E-state index in [4.69, 9.17) is 0 Å². The third-order valence-corrected chi connectivity index (χ3v) is 8.68. The zero-order valence-electron chi connectivity index (χ0n) is 22.9. The molecule has 1 saturated heterocycles. The third-order valence-electron chi connectivity index (χ3n) is 8.68. The van der Waals surface area contributed by atoms with Crippen molar-refractivity contribution in [3.63, 3.8) is 0 Å². The monoisotopic (exact) mass is 552 g/mol. The molecule has 2 atom stereocenters. The molecule has 0 radical (unpaired) electrons. The summed E-state index contributed by atoms with van der Waals surface area (Å²) in [4.78, 5) is 15.8. The van der Waals surface area contributed by atoms with Crippen LogP contribution >= 0.6 is 0 Å². The van der Waals surface area contributed by atoms with Crippen LogP contribution < -0.4 is 5.69 Å². The number of likely N-dealkylation sites (tertiary alicyclic amines) is 1. The van der Waals surface area contributed by atoms with E-state index >= 15 is 0 Å². The van der Waals surface area contributed by atoms with E-state index in [1.165, 1.54) is 36.1 Å². The van der Waals surface area contributed by atoms with Gasteiger partial charge in [-0.15, -0.1) is 10.2 Å². The molecule has 0 spiro atoms. The van der Waals surface area contributed by atoms with E-state index in [-0.39, 0.29) is 11.4 Å². The molecule has 4 heterocycles. The maximum atomic E-state index is 14.3. The van der Waals surface area contributed by atoms with Gasteiger partial charge in [0.2, 0.25) is 0 Å². The largest absolute Gasteiger partial charge is 0.418 e. The van der Waals surface area contributed by atoms with E-state index in [0.717, 1.165) is 48.1 Å². The minimum absolute atomic E-state index is 0.0187. The smallest absolute Gasteiger partial charge is 0.320 e. The average molecular weight is 553 g/mol. The van der Waals surface area contributed by atoms with Crippen LogP contribution in [0.25, 0.3) is 11.2 Å². The molecule has 6 rings (SSSR count). The van der Waals surface area contributed by atoms with E-state index in [0.29, 0.717) is 29.6 Å². The molecule has 10 heteroatoms. The molecule has 212 valence electrons. The van der Waals surface area contributed by atoms with Gasteiger partial charge in [-0.2, -0.15) is 13.2 Å². The summed E-state index contributed by atoms with van der Waals surface area (Å²) >= 11 is 0. The van der Waals surface area contributed by atoms with Crippen LogP contribution in [0, 0.1) is 11.8 Å². The van der Waals surface area contributed by atoms with Crippen molar-refractivity contribution in [2.24, 2.45) is 18.9 Å². The van der Waals surface area contributed by atoms with Gasteiger partial charge in [0, 0.05) is 38.4 Å². The van der Waals surface area contributed by atoms with Gasteiger partial charge >= 0.3 is 11.9 Å². The first kappa shape index (κ1) is 26.8. The number of pyridine rings is 1. The van der Waals surface area contributed by atoms with Gasteiger partial charge in [0.15, 0.2) is 0 Å². The van der Waals surface area contributed by atoms with Crippen LogP contribution in [-0.4, -0.2) is 41.7 Å². The summed E-state index contributed by atoms with van der Waals surface area (Å²) in [6.07, 6.45) is 6.64. The summed E-state index contributed by atoms with van der Waals surface area (Å²) in [5.74, 6) is 1.93. The molecule has 1 aliphatic carbocycles. The quantitative estimate of drug-likeness (QED) is 0.291. The fourth-order valence-corrected chi connectivity index (χ4v) is 6.38. The van der Waals surface area contributed by atoms with Crippen LogP contribution in [0.15, 0.2) is 53.8 Å². The highest BCUT2D eigenvalue weighted by atomic mass is 19.4. The first-order valence-electron chi connectivity index (χ1n) is 14.2. The predicted octanol–water partition coefficient (Wildman–Crippen LogP) is 5.79. The van der Waals surface area contributed by atoms with Gasteiger partial charge in [-0.3, -0.25) is 13.9 Å². The Hall–Kier alpha value is -3.40. The number of nitrogens with zero attached hydrogens (tertiary/aromatic N) is 6. The zero-order chi connectivity index (χ0) is 28.0. The lowest BCUT2D eigenvalue weighted by Crippen LogP contribution is -2.34. The molecule has 0 N–H and O–H groups in total. The molecule has 1 aromatic carbocycles. The Morgan fingerprint density at radius 1 is 1.10 bits per heavy atom. The van der Waals surface area contributed by atoms with E-state index in [9.17, 15) is 18.0 Å². The fraction of sp³-hybridized carbons (Fsp3) is 0.500. The van der Waals surface area contributed by atoms with Crippen molar-refractivity contribution in [1.29, 1.82) is 0 Å². The molecule has 40 heavy (non-hydrogen) atoms. The van der Waals surface area contributed by atoms with Gasteiger partial charge in [0.1, 0.15) is 12.2 Å². The summed E-state index contributed by atoms with van der Waals surface area (Å²) in [6, 6.07) is 8.74. The standard InChI is InChI=1S/C30H35F3N6O/c1-20-6-5-11-37(15-20)16-22-13-26(30(31,32)33)27-18-38(29(40)39(27)17-22)24-10-4-9-23(14-24)25(12-21-7-3-8-21)28-35-34-19-36(28)2/h4,9-10,13-14,17-21,25H,3,5-8,11-12,15-16H2,1-2H3/t20-,25?/m0/s1. The van der Waals surface area contributed by atoms with E-state index in [2.05, 4.69) is 22.0 Å². The molecule has 4 aromatic rings. The van der Waals surface area contributed by atoms with Gasteiger partial charge in [-0.1, -0.05) is 38.3 Å². The lowest BCUT2D eigenvalue weighted by molar-refractivity contribution is -0.136. The normalized spacial score (nSPS) is 19.7. The second-order valence-corrected chi connectivity index (χ2v) is 11.8. The van der Waals surface area contributed by atoms with Gasteiger partial charge in [0.05, 0.1) is 16.8 Å². The summed E-state index contributed by atoms with van der Waals surface area (Å²) in [7, 11) is 1.92. The number of hydrogen-bond acceptors (Lipinski definition) is 4. The van der Waals surface area contributed by atoms with Crippen molar-refractivity contribution in [3.8, 4) is 5.69 Å². The summed E-state index contributed by atoms with van der Waals surface area (Å²) in [5, 5.41) is 8.44. The van der Waals surface area contributed by atoms with Crippen LogP contribution in [0.4, 0.5) is 13.2 Å². The van der Waals surface area contributed by atoms with Crippen molar-refractivity contribution in [1.82, 2.24) is 28.6 Å². The Labute approximate surface area is 231 Å². The summed E-state index contributed by atoms with van der Waals surface area (Å²) in [6.45, 7) is 4.24. The Morgan fingerprint density at radius 2 is 1.93 bits per heavy atom. The maximum Gasteiger partial charge on any atom is 0.418 e. The number of halogens is 3. The highest BCUT2D eigenvalue weighted by Crippen LogP contribution is 2.39. The van der Waals surface area contributed by atoms with Crippen molar-refractivity contribution in [2.75, 3.05) is 13.1 Å². The molecule has 0 bridgehead atoms. The Morgan fingerprint density at radius 3 is 2.60 bits per heavy atom. The van der Waals surface area contributed by atoms with Crippen LogP contribution in [0.1, 0.15) is 73.9 Å². The topological polar surface area (TPSA) is 60.4 Å². The Bertz CT molecular complexity index is 1560. The number of piperidine rings is 1. The molecule has 1 unspecified atom stereocenters. The fourth-order valence-electron chi connectivity index (χ4n) is 6.38. The Balaban J connectivity index is 1.40. The summed E-state index contributed by atoms with van der Waals surface area (Å²) in [5.41, 5.74) is 0.554. The summed E-state index contributed by atoms with van der Waals surface area (Å²) < 4.78 is 47.2. The Kier molecular flexibility index (Phi) is 7.06. The maximum absolute atomic E-state index is 14.3. The number of hydrogen-bond donors (Lipinski definition) is 0. The molecular weight excluding hydrogens is 517 g/mol. The van der Waals surface area contributed by atoms with E-state index in [1.54, 1.807) is 18.6 Å². The molecule has 0 amide bonds. The highest BCUT2D eigenvalue weighted by molar-refractivity contribution is 5.58. The van der Waals surface area contributed by atoms with Gasteiger partial charge in [-0.05, 0) is 67.0 Å². The van der Waals surface area contributed by atoms with Gasteiger partial charge in [0.25, 0.3) is 0 Å². The van der Waals surface area contributed by atoms with Crippen LogP contribution in [0.5, 0.6) is 0 Å². The third kappa shape index (κ3) is 5.21.